The molecule has 0 aromatic heterocycles. The summed E-state index contributed by atoms with van der Waals surface area (Å²) in [5, 5.41) is 16.7. The maximum atomic E-state index is 8.79. The zero-order valence-electron chi connectivity index (χ0n) is 10.3. The van der Waals surface area contributed by atoms with Gasteiger partial charge in [-0.2, -0.15) is 0 Å². The minimum Gasteiger partial charge on any atom is -0.396 e. The van der Waals surface area contributed by atoms with Gasteiger partial charge in [0.25, 0.3) is 0 Å². The van der Waals surface area contributed by atoms with Gasteiger partial charge in [-0.15, -0.1) is 0 Å². The average molecular weight is 218 g/mol. The predicted molar refractivity (Wildman–Crippen MR) is 61.8 cm³/mol. The Morgan fingerprint density at radius 3 is 2.07 bits per heavy atom. The molecular weight excluding hydrogens is 192 g/mol. The van der Waals surface area contributed by atoms with Crippen LogP contribution in [0.25, 0.3) is 0 Å². The number of hydrogen-bond acceptors (Lipinski definition) is 3. The van der Waals surface area contributed by atoms with E-state index >= 15 is 0 Å². The van der Waals surface area contributed by atoms with Crippen LogP contribution in [0, 0.1) is 5.92 Å². The van der Waals surface area contributed by atoms with Gasteiger partial charge in [0.15, 0.2) is 0 Å². The summed E-state index contributed by atoms with van der Waals surface area (Å²) >= 11 is 0. The van der Waals surface area contributed by atoms with Crippen LogP contribution in [0.3, 0.4) is 0 Å². The van der Waals surface area contributed by atoms with Gasteiger partial charge < -0.3 is 14.9 Å². The van der Waals surface area contributed by atoms with Gasteiger partial charge in [-0.1, -0.05) is 20.8 Å². The first-order chi connectivity index (χ1) is 7.13. The number of aliphatic hydroxyl groups is 2. The van der Waals surface area contributed by atoms with Crippen molar-refractivity contribution in [3.63, 3.8) is 0 Å². The quantitative estimate of drug-likeness (QED) is 0.758. The average Bonchev–Trinajstić information content (AvgIpc) is 2.65. The van der Waals surface area contributed by atoms with Crippen LogP contribution in [0.2, 0.25) is 0 Å². The van der Waals surface area contributed by atoms with Gasteiger partial charge in [-0.3, -0.25) is 0 Å². The summed E-state index contributed by atoms with van der Waals surface area (Å²) in [4.78, 5) is 0. The van der Waals surface area contributed by atoms with Crippen molar-refractivity contribution < 1.29 is 14.9 Å². The first-order valence-corrected chi connectivity index (χ1v) is 6.01. The summed E-state index contributed by atoms with van der Waals surface area (Å²) in [5.41, 5.74) is 0. The van der Waals surface area contributed by atoms with Crippen molar-refractivity contribution in [1.29, 1.82) is 0 Å². The summed E-state index contributed by atoms with van der Waals surface area (Å²) < 4.78 is 5.57. The largest absolute Gasteiger partial charge is 0.396 e. The van der Waals surface area contributed by atoms with Gasteiger partial charge in [0, 0.05) is 6.61 Å². The number of aliphatic hydroxyl groups excluding tert-OH is 2. The highest BCUT2D eigenvalue weighted by Gasteiger charge is 2.24. The molecular formula is C12H26O3. The predicted octanol–water partition coefficient (Wildman–Crippen LogP) is 1.96. The maximum absolute atomic E-state index is 8.79. The smallest absolute Gasteiger partial charge is 0.0810 e. The minimum atomic E-state index is 0.124. The fraction of sp³-hybridized carbons (Fsp3) is 1.00. The molecule has 0 aromatic carbocycles. The monoisotopic (exact) mass is 218 g/mol. The van der Waals surface area contributed by atoms with Crippen molar-refractivity contribution in [1.82, 2.24) is 0 Å². The molecule has 1 rings (SSSR count). The fourth-order valence-corrected chi connectivity index (χ4v) is 1.61. The summed E-state index contributed by atoms with van der Waals surface area (Å²) in [6, 6.07) is 0. The second-order valence-electron chi connectivity index (χ2n) is 4.49. The van der Waals surface area contributed by atoms with Crippen molar-refractivity contribution in [3.05, 3.63) is 0 Å². The van der Waals surface area contributed by atoms with E-state index in [1.54, 1.807) is 0 Å². The Morgan fingerprint density at radius 2 is 1.73 bits per heavy atom. The van der Waals surface area contributed by atoms with E-state index in [1.165, 1.54) is 0 Å². The Morgan fingerprint density at radius 1 is 1.20 bits per heavy atom. The Bertz CT molecular complexity index is 135. The molecule has 2 N–H and O–H groups in total. The fourth-order valence-electron chi connectivity index (χ4n) is 1.61. The lowest BCUT2D eigenvalue weighted by molar-refractivity contribution is 0.00376. The van der Waals surface area contributed by atoms with E-state index in [-0.39, 0.29) is 12.7 Å². The van der Waals surface area contributed by atoms with Crippen LogP contribution in [0.5, 0.6) is 0 Å². The van der Waals surface area contributed by atoms with Gasteiger partial charge in [0.05, 0.1) is 18.8 Å². The second-order valence-corrected chi connectivity index (χ2v) is 4.49. The summed E-state index contributed by atoms with van der Waals surface area (Å²) in [7, 11) is 0. The molecule has 1 aliphatic rings. The molecule has 2 atom stereocenters. The van der Waals surface area contributed by atoms with Crippen molar-refractivity contribution in [2.45, 2.75) is 58.7 Å². The van der Waals surface area contributed by atoms with Gasteiger partial charge in [-0.05, 0) is 31.6 Å². The van der Waals surface area contributed by atoms with Crippen molar-refractivity contribution in [3.8, 4) is 0 Å². The molecule has 1 saturated heterocycles. The normalized spacial score (nSPS) is 25.2. The van der Waals surface area contributed by atoms with E-state index in [9.17, 15) is 0 Å². The third kappa shape index (κ3) is 7.77. The number of hydrogen-bond donors (Lipinski definition) is 2. The Hall–Kier alpha value is -0.120. The second kappa shape index (κ2) is 9.13. The van der Waals surface area contributed by atoms with E-state index in [0.717, 1.165) is 25.7 Å². The summed E-state index contributed by atoms with van der Waals surface area (Å²) in [6.45, 7) is 6.85. The highest BCUT2D eigenvalue weighted by atomic mass is 16.5. The van der Waals surface area contributed by atoms with Crippen LogP contribution >= 0.6 is 0 Å². The number of rotatable bonds is 4. The molecule has 0 bridgehead atoms. The lowest BCUT2D eigenvalue weighted by Crippen LogP contribution is -2.15. The molecule has 1 heterocycles. The molecule has 0 aliphatic carbocycles. The molecule has 0 spiro atoms. The van der Waals surface area contributed by atoms with Crippen LogP contribution in [0.1, 0.15) is 46.5 Å². The lowest BCUT2D eigenvalue weighted by Gasteiger charge is -2.13. The van der Waals surface area contributed by atoms with Crippen LogP contribution in [0.4, 0.5) is 0 Å². The van der Waals surface area contributed by atoms with Crippen LogP contribution in [-0.4, -0.2) is 35.6 Å². The highest BCUT2D eigenvalue weighted by molar-refractivity contribution is 4.73. The van der Waals surface area contributed by atoms with E-state index in [4.69, 9.17) is 14.9 Å². The standard InChI is InChI=1S/C9H18O2.C3H8O/c1-7(2)5-8-3-4-9(6-10)11-8;1-2-3-4/h7-10H,3-6H2,1-2H3;4H,2-3H2,1H3. The molecule has 1 fully saturated rings. The van der Waals surface area contributed by atoms with Gasteiger partial charge in [0.2, 0.25) is 0 Å². The van der Waals surface area contributed by atoms with Crippen molar-refractivity contribution in [2.24, 2.45) is 5.92 Å². The molecule has 0 radical (unpaired) electrons. The summed E-state index contributed by atoms with van der Waals surface area (Å²) in [6.07, 6.45) is 4.71. The van der Waals surface area contributed by atoms with Gasteiger partial charge in [-0.25, -0.2) is 0 Å². The van der Waals surface area contributed by atoms with Crippen molar-refractivity contribution in [2.75, 3.05) is 13.2 Å². The summed E-state index contributed by atoms with van der Waals surface area (Å²) in [5.74, 6) is 0.706. The zero-order chi connectivity index (χ0) is 11.7. The lowest BCUT2D eigenvalue weighted by atomic mass is 10.0. The Kier molecular flexibility index (Phi) is 9.06. The molecule has 92 valence electrons. The molecule has 0 saturated carbocycles. The highest BCUT2D eigenvalue weighted by Crippen LogP contribution is 2.24. The molecule has 3 nitrogen and oxygen atoms in total. The van der Waals surface area contributed by atoms with Crippen LogP contribution in [-0.2, 0) is 4.74 Å². The van der Waals surface area contributed by atoms with Crippen LogP contribution in [0.15, 0.2) is 0 Å². The van der Waals surface area contributed by atoms with E-state index in [1.807, 2.05) is 6.92 Å². The molecule has 15 heavy (non-hydrogen) atoms. The zero-order valence-corrected chi connectivity index (χ0v) is 10.3. The maximum Gasteiger partial charge on any atom is 0.0810 e. The van der Waals surface area contributed by atoms with E-state index < -0.39 is 0 Å². The Labute approximate surface area is 93.5 Å². The number of ether oxygens (including phenoxy) is 1. The SMILES string of the molecule is CC(C)CC1CCC(CO)O1.CCCO. The van der Waals surface area contributed by atoms with Crippen LogP contribution < -0.4 is 0 Å². The molecule has 3 heteroatoms. The third-order valence-electron chi connectivity index (χ3n) is 2.36. The minimum absolute atomic E-state index is 0.124. The van der Waals surface area contributed by atoms with Gasteiger partial charge in [0.1, 0.15) is 0 Å². The third-order valence-corrected chi connectivity index (χ3v) is 2.36. The van der Waals surface area contributed by atoms with E-state index in [0.29, 0.717) is 18.6 Å². The molecule has 0 aromatic rings. The Balaban J connectivity index is 0.000000423. The first-order valence-electron chi connectivity index (χ1n) is 6.01. The molecule has 0 amide bonds. The van der Waals surface area contributed by atoms with E-state index in [2.05, 4.69) is 13.8 Å². The first kappa shape index (κ1) is 14.9. The molecule has 2 unspecified atom stereocenters. The van der Waals surface area contributed by atoms with Gasteiger partial charge >= 0.3 is 0 Å². The van der Waals surface area contributed by atoms with Crippen molar-refractivity contribution >= 4 is 0 Å². The molecule has 1 aliphatic heterocycles. The topological polar surface area (TPSA) is 49.7 Å².